The lowest BCUT2D eigenvalue weighted by Gasteiger charge is -2.21. The first kappa shape index (κ1) is 14.2. The number of esters is 1. The van der Waals surface area contributed by atoms with Crippen molar-refractivity contribution in [2.45, 2.75) is 39.0 Å². The fourth-order valence-corrected chi connectivity index (χ4v) is 1.16. The third-order valence-electron chi connectivity index (χ3n) is 1.92. The van der Waals surface area contributed by atoms with Crippen LogP contribution in [0.25, 0.3) is 0 Å². The molecule has 2 atom stereocenters. The fourth-order valence-electron chi connectivity index (χ4n) is 1.16. The Labute approximate surface area is 86.2 Å². The molecule has 0 aromatic heterocycles. The van der Waals surface area contributed by atoms with Gasteiger partial charge in [-0.2, -0.15) is 13.2 Å². The number of carbonyl (C=O) groups is 1. The minimum Gasteiger partial charge on any atom is -0.466 e. The van der Waals surface area contributed by atoms with Crippen LogP contribution in [0, 0.1) is 5.92 Å². The number of hydrogen-bond donors (Lipinski definition) is 1. The molecule has 0 amide bonds. The lowest BCUT2D eigenvalue weighted by molar-refractivity contribution is -0.175. The Morgan fingerprint density at radius 3 is 2.27 bits per heavy atom. The molecule has 0 aliphatic carbocycles. The molecule has 6 heteroatoms. The Bertz CT molecular complexity index is 203. The minimum atomic E-state index is -4.48. The van der Waals surface area contributed by atoms with E-state index in [1.165, 1.54) is 13.8 Å². The van der Waals surface area contributed by atoms with Crippen LogP contribution in [-0.2, 0) is 9.53 Å². The van der Waals surface area contributed by atoms with Gasteiger partial charge in [0, 0.05) is 0 Å². The van der Waals surface area contributed by atoms with Crippen molar-refractivity contribution in [3.63, 3.8) is 0 Å². The van der Waals surface area contributed by atoms with Crippen LogP contribution in [0.2, 0.25) is 0 Å². The largest absolute Gasteiger partial charge is 0.466 e. The molecule has 1 N–H and O–H groups in total. The molecule has 0 aromatic rings. The average Bonchev–Trinajstić information content (AvgIpc) is 2.12. The number of halogens is 3. The van der Waals surface area contributed by atoms with E-state index in [9.17, 15) is 23.1 Å². The molecule has 3 nitrogen and oxygen atoms in total. The Morgan fingerprint density at radius 1 is 1.40 bits per heavy atom. The van der Waals surface area contributed by atoms with Gasteiger partial charge in [0.15, 0.2) is 0 Å². The third-order valence-corrected chi connectivity index (χ3v) is 1.92. The van der Waals surface area contributed by atoms with Gasteiger partial charge in [-0.15, -0.1) is 0 Å². The molecule has 0 saturated carbocycles. The van der Waals surface area contributed by atoms with Gasteiger partial charge < -0.3 is 9.84 Å². The second kappa shape index (κ2) is 5.95. The van der Waals surface area contributed by atoms with Crippen molar-refractivity contribution < 1.29 is 27.8 Å². The van der Waals surface area contributed by atoms with Gasteiger partial charge >= 0.3 is 12.1 Å². The van der Waals surface area contributed by atoms with E-state index in [-0.39, 0.29) is 13.0 Å². The molecular formula is C9H15F3O3. The van der Waals surface area contributed by atoms with E-state index in [4.69, 9.17) is 0 Å². The van der Waals surface area contributed by atoms with Gasteiger partial charge in [0.1, 0.15) is 0 Å². The molecule has 0 rings (SSSR count). The summed E-state index contributed by atoms with van der Waals surface area (Å²) in [5.74, 6) is -2.51. The van der Waals surface area contributed by atoms with Crippen LogP contribution in [0.3, 0.4) is 0 Å². The van der Waals surface area contributed by atoms with Crippen molar-refractivity contribution in [1.82, 2.24) is 0 Å². The van der Waals surface area contributed by atoms with Gasteiger partial charge in [-0.05, 0) is 13.3 Å². The topological polar surface area (TPSA) is 46.5 Å². The number of aliphatic hydroxyl groups excluding tert-OH is 1. The van der Waals surface area contributed by atoms with E-state index in [0.29, 0.717) is 0 Å². The molecule has 0 heterocycles. The molecule has 90 valence electrons. The predicted molar refractivity (Wildman–Crippen MR) is 47.1 cm³/mol. The smallest absolute Gasteiger partial charge is 0.390 e. The highest BCUT2D eigenvalue weighted by molar-refractivity contribution is 5.73. The number of alkyl halides is 3. The Balaban J connectivity index is 4.51. The third kappa shape index (κ3) is 5.61. The van der Waals surface area contributed by atoms with E-state index < -0.39 is 30.6 Å². The summed E-state index contributed by atoms with van der Waals surface area (Å²) in [5, 5.41) is 9.28. The number of aliphatic hydroxyl groups is 1. The Kier molecular flexibility index (Phi) is 5.64. The van der Waals surface area contributed by atoms with Crippen molar-refractivity contribution >= 4 is 5.97 Å². The summed E-state index contributed by atoms with van der Waals surface area (Å²) in [6, 6.07) is 0. The zero-order valence-corrected chi connectivity index (χ0v) is 8.67. The summed E-state index contributed by atoms with van der Waals surface area (Å²) < 4.78 is 40.7. The molecule has 0 spiro atoms. The van der Waals surface area contributed by atoms with E-state index in [1.54, 1.807) is 0 Å². The Morgan fingerprint density at radius 2 is 1.93 bits per heavy atom. The number of ether oxygens (including phenoxy) is 1. The van der Waals surface area contributed by atoms with Crippen LogP contribution in [-0.4, -0.2) is 30.0 Å². The van der Waals surface area contributed by atoms with Crippen LogP contribution >= 0.6 is 0 Å². The van der Waals surface area contributed by atoms with Crippen molar-refractivity contribution in [2.75, 3.05) is 6.61 Å². The zero-order valence-electron chi connectivity index (χ0n) is 8.67. The first-order valence-corrected chi connectivity index (χ1v) is 4.73. The van der Waals surface area contributed by atoms with Gasteiger partial charge in [0.2, 0.25) is 0 Å². The van der Waals surface area contributed by atoms with E-state index >= 15 is 0 Å². The van der Waals surface area contributed by atoms with Gasteiger partial charge in [0.05, 0.1) is 25.0 Å². The summed E-state index contributed by atoms with van der Waals surface area (Å²) in [5.41, 5.74) is 0. The van der Waals surface area contributed by atoms with Crippen LogP contribution in [0.4, 0.5) is 13.2 Å². The molecular weight excluding hydrogens is 213 g/mol. The van der Waals surface area contributed by atoms with Crippen LogP contribution in [0.15, 0.2) is 0 Å². The van der Waals surface area contributed by atoms with E-state index in [0.717, 1.165) is 0 Å². The first-order valence-electron chi connectivity index (χ1n) is 4.73. The molecule has 0 fully saturated rings. The predicted octanol–water partition coefficient (Wildman–Crippen LogP) is 1.89. The highest BCUT2D eigenvalue weighted by atomic mass is 19.4. The van der Waals surface area contributed by atoms with Crippen LogP contribution < -0.4 is 0 Å². The molecule has 0 radical (unpaired) electrons. The molecule has 2 unspecified atom stereocenters. The highest BCUT2D eigenvalue weighted by Crippen LogP contribution is 2.28. The minimum absolute atomic E-state index is 0.00360. The second-order valence-electron chi connectivity index (χ2n) is 3.15. The van der Waals surface area contributed by atoms with E-state index in [2.05, 4.69) is 4.74 Å². The maximum absolute atomic E-state index is 12.1. The van der Waals surface area contributed by atoms with Crippen molar-refractivity contribution in [3.8, 4) is 0 Å². The molecule has 0 aliphatic heterocycles. The molecule has 0 saturated heterocycles. The summed E-state index contributed by atoms with van der Waals surface area (Å²) in [7, 11) is 0. The molecule has 15 heavy (non-hydrogen) atoms. The van der Waals surface area contributed by atoms with Crippen LogP contribution in [0.5, 0.6) is 0 Å². The fraction of sp³-hybridized carbons (Fsp3) is 0.889. The van der Waals surface area contributed by atoms with Gasteiger partial charge in [0.25, 0.3) is 0 Å². The Hall–Kier alpha value is -0.780. The summed E-state index contributed by atoms with van der Waals surface area (Å²) in [4.78, 5) is 11.1. The van der Waals surface area contributed by atoms with Gasteiger partial charge in [-0.25, -0.2) is 0 Å². The summed E-state index contributed by atoms with van der Waals surface area (Å²) in [6.45, 7) is 3.01. The number of hydrogen-bond acceptors (Lipinski definition) is 3. The quantitative estimate of drug-likeness (QED) is 0.731. The number of carbonyl (C=O) groups excluding carboxylic acids is 1. The normalized spacial score (nSPS) is 15.9. The molecule has 0 aromatic carbocycles. The maximum atomic E-state index is 12.1. The zero-order chi connectivity index (χ0) is 12.1. The lowest BCUT2D eigenvalue weighted by Crippen LogP contribution is -2.33. The molecule has 0 aliphatic rings. The summed E-state index contributed by atoms with van der Waals surface area (Å²) >= 11 is 0. The van der Waals surface area contributed by atoms with Gasteiger partial charge in [-0.1, -0.05) is 6.92 Å². The van der Waals surface area contributed by atoms with Crippen molar-refractivity contribution in [1.29, 1.82) is 0 Å². The first-order chi connectivity index (χ1) is 6.81. The summed E-state index contributed by atoms with van der Waals surface area (Å²) in [6.07, 6.45) is -7.06. The maximum Gasteiger partial charge on any atom is 0.390 e. The standard InChI is InChI=1S/C9H15F3O3/c1-3-7(13)6(5-9(10,11)12)8(14)15-4-2/h6-7,13H,3-5H2,1-2H3. The second-order valence-corrected chi connectivity index (χ2v) is 3.15. The van der Waals surface area contributed by atoms with Crippen molar-refractivity contribution in [3.05, 3.63) is 0 Å². The van der Waals surface area contributed by atoms with Crippen LogP contribution in [0.1, 0.15) is 26.7 Å². The lowest BCUT2D eigenvalue weighted by atomic mass is 9.96. The highest BCUT2D eigenvalue weighted by Gasteiger charge is 2.39. The monoisotopic (exact) mass is 228 g/mol. The SMILES string of the molecule is CCOC(=O)C(CC(F)(F)F)C(O)CC. The van der Waals surface area contributed by atoms with Gasteiger partial charge in [-0.3, -0.25) is 4.79 Å². The molecule has 0 bridgehead atoms. The van der Waals surface area contributed by atoms with Crippen molar-refractivity contribution in [2.24, 2.45) is 5.92 Å². The van der Waals surface area contributed by atoms with E-state index in [1.807, 2.05) is 0 Å². The average molecular weight is 228 g/mol. The number of rotatable bonds is 5.